The van der Waals surface area contributed by atoms with Crippen molar-refractivity contribution in [3.8, 4) is 0 Å². The third kappa shape index (κ3) is 13.7. The van der Waals surface area contributed by atoms with Crippen LogP contribution in [0.2, 0.25) is 75.8 Å². The van der Waals surface area contributed by atoms with E-state index >= 15 is 0 Å². The molecule has 140 valence electrons. The van der Waals surface area contributed by atoms with Gasteiger partial charge in [-0.25, -0.2) is 4.39 Å². The van der Waals surface area contributed by atoms with Gasteiger partial charge in [-0.15, -0.1) is 0 Å². The standard InChI is InChI=1S/C17H43FOSi4/c1-20(2)15-22(5,6)13-9-11-17(18,19)12-10-14-23(7,8)16-21(3)4/h19-21H,9-16H2,1-8H3. The predicted octanol–water partition coefficient (Wildman–Crippen LogP) is 5.67. The van der Waals surface area contributed by atoms with Crippen molar-refractivity contribution in [2.24, 2.45) is 0 Å². The van der Waals surface area contributed by atoms with Crippen LogP contribution >= 0.6 is 0 Å². The molecule has 0 aromatic heterocycles. The molecule has 0 atom stereocenters. The van der Waals surface area contributed by atoms with Crippen LogP contribution in [0.1, 0.15) is 25.7 Å². The number of halogens is 1. The second-order valence-corrected chi connectivity index (χ2v) is 28.6. The summed E-state index contributed by atoms with van der Waals surface area (Å²) in [6.07, 6.45) is 2.44. The van der Waals surface area contributed by atoms with E-state index in [9.17, 15) is 9.50 Å². The minimum atomic E-state index is -1.92. The SMILES string of the molecule is C[SiH](C)C[Si](C)(C)CCCC(O)(F)CCC[Si](C)(C)C[SiH](C)C. The van der Waals surface area contributed by atoms with E-state index in [0.29, 0.717) is 12.8 Å². The van der Waals surface area contributed by atoms with Gasteiger partial charge >= 0.3 is 0 Å². The number of aliphatic hydroxyl groups is 1. The molecule has 0 aromatic rings. The summed E-state index contributed by atoms with van der Waals surface area (Å²) in [5.41, 5.74) is 2.88. The smallest absolute Gasteiger partial charge is 0.206 e. The lowest BCUT2D eigenvalue weighted by molar-refractivity contribution is -0.101. The lowest BCUT2D eigenvalue weighted by Crippen LogP contribution is -2.32. The monoisotopic (exact) mass is 394 g/mol. The molecule has 0 spiro atoms. The van der Waals surface area contributed by atoms with Crippen molar-refractivity contribution in [2.75, 3.05) is 0 Å². The van der Waals surface area contributed by atoms with Gasteiger partial charge in [0.25, 0.3) is 0 Å². The Morgan fingerprint density at radius 1 is 0.783 bits per heavy atom. The lowest BCUT2D eigenvalue weighted by atomic mass is 10.1. The van der Waals surface area contributed by atoms with Crippen LogP contribution in [0, 0.1) is 0 Å². The summed E-state index contributed by atoms with van der Waals surface area (Å²) in [4.78, 5) is 0. The summed E-state index contributed by atoms with van der Waals surface area (Å²) in [5.74, 6) is -1.92. The molecule has 0 unspecified atom stereocenters. The molecule has 6 heteroatoms. The molecule has 0 saturated heterocycles. The lowest BCUT2D eigenvalue weighted by Gasteiger charge is -2.27. The predicted molar refractivity (Wildman–Crippen MR) is 116 cm³/mol. The fourth-order valence-corrected chi connectivity index (χ4v) is 25.8. The molecule has 0 fully saturated rings. The van der Waals surface area contributed by atoms with Crippen LogP contribution in [-0.4, -0.2) is 44.7 Å². The Labute approximate surface area is 150 Å². The summed E-state index contributed by atoms with van der Waals surface area (Å²) < 4.78 is 14.4. The molecule has 0 aliphatic heterocycles. The summed E-state index contributed by atoms with van der Waals surface area (Å²) in [7, 11) is -3.33. The molecule has 0 saturated carbocycles. The first-order chi connectivity index (χ1) is 10.2. The first-order valence-corrected chi connectivity index (χ1v) is 22.7. The highest BCUT2D eigenvalue weighted by Gasteiger charge is 2.29. The number of hydrogen-bond acceptors (Lipinski definition) is 1. The van der Waals surface area contributed by atoms with Crippen LogP contribution in [0.5, 0.6) is 0 Å². The second-order valence-electron chi connectivity index (χ2n) is 10.1. The van der Waals surface area contributed by atoms with Gasteiger partial charge in [0.15, 0.2) is 0 Å². The van der Waals surface area contributed by atoms with E-state index in [1.807, 2.05) is 0 Å². The summed E-state index contributed by atoms with van der Waals surface area (Å²) in [6, 6.07) is 2.34. The Balaban J connectivity index is 4.10. The molecule has 0 amide bonds. The van der Waals surface area contributed by atoms with E-state index in [4.69, 9.17) is 0 Å². The molecule has 23 heavy (non-hydrogen) atoms. The quantitative estimate of drug-likeness (QED) is 0.422. The Morgan fingerprint density at radius 3 is 1.35 bits per heavy atom. The van der Waals surface area contributed by atoms with Crippen molar-refractivity contribution >= 4 is 33.7 Å². The van der Waals surface area contributed by atoms with Gasteiger partial charge in [-0.05, 0) is 0 Å². The van der Waals surface area contributed by atoms with Crippen molar-refractivity contribution in [3.63, 3.8) is 0 Å². The van der Waals surface area contributed by atoms with E-state index in [2.05, 4.69) is 52.4 Å². The van der Waals surface area contributed by atoms with Crippen molar-refractivity contribution in [1.82, 2.24) is 0 Å². The van der Waals surface area contributed by atoms with E-state index < -0.39 is 39.6 Å². The van der Waals surface area contributed by atoms with E-state index in [0.717, 1.165) is 12.8 Å². The average Bonchev–Trinajstić information content (AvgIpc) is 2.22. The molecular weight excluding hydrogens is 352 g/mol. The molecule has 0 aromatic carbocycles. The van der Waals surface area contributed by atoms with Gasteiger partial charge in [0.2, 0.25) is 5.85 Å². The third-order valence-corrected chi connectivity index (χ3v) is 23.5. The van der Waals surface area contributed by atoms with E-state index in [1.165, 1.54) is 23.4 Å². The highest BCUT2D eigenvalue weighted by molar-refractivity contribution is 6.88. The van der Waals surface area contributed by atoms with Gasteiger partial charge in [0.05, 0.1) is 0 Å². The van der Waals surface area contributed by atoms with Crippen LogP contribution in [0.3, 0.4) is 0 Å². The van der Waals surface area contributed by atoms with Crippen molar-refractivity contribution < 1.29 is 9.50 Å². The minimum absolute atomic E-state index is 0.351. The first kappa shape index (κ1) is 23.8. The maximum absolute atomic E-state index is 14.4. The highest BCUT2D eigenvalue weighted by Crippen LogP contribution is 2.29. The van der Waals surface area contributed by atoms with Crippen molar-refractivity contribution in [3.05, 3.63) is 0 Å². The van der Waals surface area contributed by atoms with Crippen LogP contribution in [0.15, 0.2) is 0 Å². The van der Waals surface area contributed by atoms with Gasteiger partial charge in [-0.2, -0.15) is 0 Å². The first-order valence-electron chi connectivity index (χ1n) is 9.66. The number of rotatable bonds is 12. The topological polar surface area (TPSA) is 20.2 Å². The van der Waals surface area contributed by atoms with Crippen LogP contribution in [0.4, 0.5) is 4.39 Å². The van der Waals surface area contributed by atoms with Crippen LogP contribution in [0.25, 0.3) is 0 Å². The van der Waals surface area contributed by atoms with E-state index in [1.54, 1.807) is 0 Å². The molecule has 0 heterocycles. The van der Waals surface area contributed by atoms with Crippen molar-refractivity contribution in [1.29, 1.82) is 0 Å². The Morgan fingerprint density at radius 2 is 1.09 bits per heavy atom. The molecule has 0 aliphatic rings. The summed E-state index contributed by atoms with van der Waals surface area (Å²) in [5, 5.41) is 10.1. The Bertz CT molecular complexity index is 301. The maximum atomic E-state index is 14.4. The van der Waals surface area contributed by atoms with Gasteiger partial charge in [-0.1, -0.05) is 88.6 Å². The zero-order valence-corrected chi connectivity index (χ0v) is 21.4. The van der Waals surface area contributed by atoms with Crippen molar-refractivity contribution in [2.45, 2.75) is 107 Å². The van der Waals surface area contributed by atoms with Gasteiger partial charge in [0, 0.05) is 46.6 Å². The van der Waals surface area contributed by atoms with Crippen LogP contribution in [-0.2, 0) is 0 Å². The fourth-order valence-electron chi connectivity index (χ4n) is 4.22. The molecule has 0 radical (unpaired) electrons. The number of hydrogen-bond donors (Lipinski definition) is 1. The molecule has 1 N–H and O–H groups in total. The third-order valence-electron chi connectivity index (χ3n) is 4.75. The average molecular weight is 395 g/mol. The summed E-state index contributed by atoms with van der Waals surface area (Å²) in [6.45, 7) is 19.4. The van der Waals surface area contributed by atoms with Gasteiger partial charge in [-0.3, -0.25) is 0 Å². The normalized spacial score (nSPS) is 14.1. The molecular formula is C17H43FOSi4. The Kier molecular flexibility index (Phi) is 10.4. The zero-order valence-electron chi connectivity index (χ0n) is 17.1. The summed E-state index contributed by atoms with van der Waals surface area (Å²) >= 11 is 0. The second kappa shape index (κ2) is 10.0. The molecule has 0 bridgehead atoms. The van der Waals surface area contributed by atoms with Gasteiger partial charge < -0.3 is 5.11 Å². The maximum Gasteiger partial charge on any atom is 0.206 e. The minimum Gasteiger partial charge on any atom is -0.362 e. The molecule has 0 rings (SSSR count). The fraction of sp³-hybridized carbons (Fsp3) is 1.00. The zero-order chi connectivity index (χ0) is 18.3. The Hall–Kier alpha value is 0.758. The highest BCUT2D eigenvalue weighted by atomic mass is 28.4. The largest absolute Gasteiger partial charge is 0.362 e. The molecule has 1 nitrogen and oxygen atoms in total. The number of alkyl halides is 1. The van der Waals surface area contributed by atoms with Crippen LogP contribution < -0.4 is 0 Å². The van der Waals surface area contributed by atoms with Gasteiger partial charge in [0.1, 0.15) is 0 Å². The molecule has 0 aliphatic carbocycles. The van der Waals surface area contributed by atoms with E-state index in [-0.39, 0.29) is 0 Å².